The monoisotopic (exact) mass is 405 g/mol. The SMILES string of the molecule is O=C(c1ccc2c3c([nH]c2c1)CCCC3)N1CCN(CCc2ccc(F)cc2)CC1. The van der Waals surface area contributed by atoms with Gasteiger partial charge in [0.05, 0.1) is 0 Å². The van der Waals surface area contributed by atoms with Crippen LogP contribution in [0.1, 0.15) is 40.0 Å². The maximum Gasteiger partial charge on any atom is 0.254 e. The number of carbonyl (C=O) groups is 1. The van der Waals surface area contributed by atoms with Crippen molar-refractivity contribution in [1.29, 1.82) is 0 Å². The van der Waals surface area contributed by atoms with Gasteiger partial charge in [0.2, 0.25) is 0 Å². The van der Waals surface area contributed by atoms with Crippen LogP contribution in [0.4, 0.5) is 4.39 Å². The summed E-state index contributed by atoms with van der Waals surface area (Å²) in [6.45, 7) is 4.20. The molecule has 0 bridgehead atoms. The molecule has 2 aromatic carbocycles. The number of aromatic amines is 1. The number of halogens is 1. The number of benzene rings is 2. The average molecular weight is 406 g/mol. The van der Waals surface area contributed by atoms with Gasteiger partial charge in [0.25, 0.3) is 5.91 Å². The van der Waals surface area contributed by atoms with Gasteiger partial charge in [-0.1, -0.05) is 18.2 Å². The first kappa shape index (κ1) is 19.3. The second-order valence-electron chi connectivity index (χ2n) is 8.56. The lowest BCUT2D eigenvalue weighted by Gasteiger charge is -2.34. The molecule has 1 N–H and O–H groups in total. The summed E-state index contributed by atoms with van der Waals surface area (Å²) in [5.41, 5.74) is 5.84. The Labute approximate surface area is 176 Å². The van der Waals surface area contributed by atoms with E-state index in [-0.39, 0.29) is 11.7 Å². The minimum Gasteiger partial charge on any atom is -0.358 e. The molecular weight excluding hydrogens is 377 g/mol. The molecule has 3 aromatic rings. The molecule has 1 aromatic heterocycles. The van der Waals surface area contributed by atoms with E-state index in [1.807, 2.05) is 29.2 Å². The van der Waals surface area contributed by atoms with Crippen molar-refractivity contribution < 1.29 is 9.18 Å². The fourth-order valence-corrected chi connectivity index (χ4v) is 4.84. The van der Waals surface area contributed by atoms with E-state index >= 15 is 0 Å². The molecule has 1 aliphatic carbocycles. The third kappa shape index (κ3) is 3.86. The predicted molar refractivity (Wildman–Crippen MR) is 117 cm³/mol. The van der Waals surface area contributed by atoms with E-state index in [0.717, 1.165) is 68.6 Å². The standard InChI is InChI=1S/C25H28FN3O/c26-20-8-5-18(6-9-20)11-12-28-13-15-29(16-14-28)25(30)19-7-10-22-21-3-1-2-4-23(21)27-24(22)17-19/h5-10,17,27H,1-4,11-16H2. The van der Waals surface area contributed by atoms with E-state index in [1.165, 1.54) is 41.6 Å². The van der Waals surface area contributed by atoms with Crippen LogP contribution in [-0.2, 0) is 19.3 Å². The Morgan fingerprint density at radius 2 is 1.73 bits per heavy atom. The Hall–Kier alpha value is -2.66. The first-order valence-corrected chi connectivity index (χ1v) is 11.1. The molecule has 30 heavy (non-hydrogen) atoms. The van der Waals surface area contributed by atoms with Crippen molar-refractivity contribution in [3.05, 3.63) is 70.7 Å². The first-order valence-electron chi connectivity index (χ1n) is 11.1. The van der Waals surface area contributed by atoms with Gasteiger partial charge in [-0.2, -0.15) is 0 Å². The highest BCUT2D eigenvalue weighted by molar-refractivity contribution is 5.99. The Bertz CT molecular complexity index is 1050. The van der Waals surface area contributed by atoms with Gasteiger partial charge >= 0.3 is 0 Å². The second-order valence-corrected chi connectivity index (χ2v) is 8.56. The number of aryl methyl sites for hydroxylation is 2. The number of piperazine rings is 1. The van der Waals surface area contributed by atoms with Crippen LogP contribution < -0.4 is 0 Å². The maximum absolute atomic E-state index is 13.1. The molecule has 2 heterocycles. The summed E-state index contributed by atoms with van der Waals surface area (Å²) in [5.74, 6) is -0.0637. The summed E-state index contributed by atoms with van der Waals surface area (Å²) in [6.07, 6.45) is 5.67. The third-order valence-electron chi connectivity index (χ3n) is 6.63. The average Bonchev–Trinajstić information content (AvgIpc) is 3.16. The molecule has 4 nitrogen and oxygen atoms in total. The van der Waals surface area contributed by atoms with Gasteiger partial charge in [0.15, 0.2) is 0 Å². The predicted octanol–water partition coefficient (Wildman–Crippen LogP) is 4.19. The summed E-state index contributed by atoms with van der Waals surface area (Å²) in [7, 11) is 0. The van der Waals surface area contributed by atoms with Crippen LogP contribution in [0.2, 0.25) is 0 Å². The van der Waals surface area contributed by atoms with Crippen molar-refractivity contribution in [2.75, 3.05) is 32.7 Å². The minimum absolute atomic E-state index is 0.127. The van der Waals surface area contributed by atoms with E-state index in [2.05, 4.69) is 16.0 Å². The molecule has 0 saturated carbocycles. The van der Waals surface area contributed by atoms with Crippen molar-refractivity contribution in [2.45, 2.75) is 32.1 Å². The molecule has 2 aliphatic rings. The number of nitrogens with one attached hydrogen (secondary N) is 1. The number of fused-ring (bicyclic) bond motifs is 3. The molecule has 0 radical (unpaired) electrons. The van der Waals surface area contributed by atoms with Crippen LogP contribution in [0.3, 0.4) is 0 Å². The fourth-order valence-electron chi connectivity index (χ4n) is 4.84. The summed E-state index contributed by atoms with van der Waals surface area (Å²) >= 11 is 0. The number of amides is 1. The van der Waals surface area contributed by atoms with Crippen molar-refractivity contribution >= 4 is 16.8 Å². The number of nitrogens with zero attached hydrogens (tertiary/aromatic N) is 2. The Morgan fingerprint density at radius 1 is 0.967 bits per heavy atom. The highest BCUT2D eigenvalue weighted by Gasteiger charge is 2.23. The summed E-state index contributed by atoms with van der Waals surface area (Å²) in [5, 5.41) is 1.28. The molecular formula is C25H28FN3O. The van der Waals surface area contributed by atoms with Crippen LogP contribution in [0.25, 0.3) is 10.9 Å². The van der Waals surface area contributed by atoms with Crippen LogP contribution in [0.15, 0.2) is 42.5 Å². The highest BCUT2D eigenvalue weighted by atomic mass is 19.1. The Kier molecular flexibility index (Phi) is 5.30. The van der Waals surface area contributed by atoms with E-state index in [9.17, 15) is 9.18 Å². The van der Waals surface area contributed by atoms with Crippen LogP contribution in [0.5, 0.6) is 0 Å². The van der Waals surface area contributed by atoms with Crippen molar-refractivity contribution in [2.24, 2.45) is 0 Å². The van der Waals surface area contributed by atoms with E-state index in [0.29, 0.717) is 0 Å². The van der Waals surface area contributed by atoms with Gasteiger partial charge in [-0.05, 0) is 67.5 Å². The number of hydrogen-bond donors (Lipinski definition) is 1. The van der Waals surface area contributed by atoms with Gasteiger partial charge in [-0.15, -0.1) is 0 Å². The van der Waals surface area contributed by atoms with Gasteiger partial charge in [-0.3, -0.25) is 9.69 Å². The second kappa shape index (κ2) is 8.23. The fraction of sp³-hybridized carbons (Fsp3) is 0.400. The normalized spacial score (nSPS) is 17.3. The zero-order chi connectivity index (χ0) is 20.5. The molecule has 0 spiro atoms. The van der Waals surface area contributed by atoms with Crippen LogP contribution >= 0.6 is 0 Å². The Balaban J connectivity index is 1.19. The summed E-state index contributed by atoms with van der Waals surface area (Å²) < 4.78 is 13.0. The largest absolute Gasteiger partial charge is 0.358 e. The van der Waals surface area contributed by atoms with E-state index < -0.39 is 0 Å². The van der Waals surface area contributed by atoms with Crippen LogP contribution in [-0.4, -0.2) is 53.4 Å². The van der Waals surface area contributed by atoms with Gasteiger partial charge in [0, 0.05) is 54.9 Å². The zero-order valence-corrected chi connectivity index (χ0v) is 17.3. The molecule has 0 unspecified atom stereocenters. The molecule has 156 valence electrons. The highest BCUT2D eigenvalue weighted by Crippen LogP contribution is 2.29. The molecule has 1 aliphatic heterocycles. The molecule has 5 rings (SSSR count). The lowest BCUT2D eigenvalue weighted by atomic mass is 9.95. The van der Waals surface area contributed by atoms with Gasteiger partial charge < -0.3 is 9.88 Å². The molecule has 5 heteroatoms. The number of H-pyrrole nitrogens is 1. The van der Waals surface area contributed by atoms with Crippen molar-refractivity contribution in [1.82, 2.24) is 14.8 Å². The summed E-state index contributed by atoms with van der Waals surface area (Å²) in [6, 6.07) is 12.9. The third-order valence-corrected chi connectivity index (χ3v) is 6.63. The number of rotatable bonds is 4. The zero-order valence-electron chi connectivity index (χ0n) is 17.3. The Morgan fingerprint density at radius 3 is 2.53 bits per heavy atom. The first-order chi connectivity index (χ1) is 14.7. The molecule has 1 saturated heterocycles. The lowest BCUT2D eigenvalue weighted by molar-refractivity contribution is 0.0638. The number of carbonyl (C=O) groups excluding carboxylic acids is 1. The lowest BCUT2D eigenvalue weighted by Crippen LogP contribution is -2.49. The van der Waals surface area contributed by atoms with Gasteiger partial charge in [-0.25, -0.2) is 4.39 Å². The summed E-state index contributed by atoms with van der Waals surface area (Å²) in [4.78, 5) is 21.0. The molecule has 0 atom stereocenters. The maximum atomic E-state index is 13.1. The molecule has 1 amide bonds. The van der Waals surface area contributed by atoms with Crippen molar-refractivity contribution in [3.63, 3.8) is 0 Å². The quantitative estimate of drug-likeness (QED) is 0.707. The minimum atomic E-state index is -0.191. The van der Waals surface area contributed by atoms with Crippen molar-refractivity contribution in [3.8, 4) is 0 Å². The number of hydrogen-bond acceptors (Lipinski definition) is 2. The molecule has 1 fully saturated rings. The van der Waals surface area contributed by atoms with E-state index in [4.69, 9.17) is 0 Å². The topological polar surface area (TPSA) is 39.3 Å². The van der Waals surface area contributed by atoms with Crippen LogP contribution in [0, 0.1) is 5.82 Å². The number of aromatic nitrogens is 1. The van der Waals surface area contributed by atoms with Gasteiger partial charge in [0.1, 0.15) is 5.82 Å². The smallest absolute Gasteiger partial charge is 0.254 e. The van der Waals surface area contributed by atoms with E-state index in [1.54, 1.807) is 0 Å².